The molecule has 0 aromatic heterocycles. The van der Waals surface area contributed by atoms with E-state index in [2.05, 4.69) is 5.43 Å². The molecule has 1 atom stereocenters. The molecule has 6 N–H and O–H groups in total. The Bertz CT molecular complexity index is 1430. The molecule has 0 bridgehead atoms. The number of hydrogen-bond donors (Lipinski definition) is 4. The van der Waals surface area contributed by atoms with Gasteiger partial charge in [-0.3, -0.25) is 15.1 Å². The maximum atomic E-state index is 12.9. The number of carbonyl (C=O) groups excluding carboxylic acids is 3. The van der Waals surface area contributed by atoms with E-state index in [1.54, 1.807) is 48.5 Å². The van der Waals surface area contributed by atoms with Crippen molar-refractivity contribution in [2.24, 2.45) is 5.73 Å². The number of ether oxygens (including phenoxy) is 3. The molecule has 0 spiro atoms. The Morgan fingerprint density at radius 2 is 1.83 bits per heavy atom. The maximum Gasteiger partial charge on any atom is 0.337 e. The van der Waals surface area contributed by atoms with E-state index < -0.39 is 12.0 Å². The summed E-state index contributed by atoms with van der Waals surface area (Å²) in [5.41, 5.74) is 16.4. The number of nitrogens with zero attached hydrogens (tertiary/aromatic N) is 2. The minimum atomic E-state index is -0.807. The highest BCUT2D eigenvalue weighted by atomic mass is 16.5. The lowest BCUT2D eigenvalue weighted by molar-refractivity contribution is -0.125. The van der Waals surface area contributed by atoms with Gasteiger partial charge in [0.15, 0.2) is 0 Å². The number of nitrogens with two attached hydrogens (primary N) is 2. The summed E-state index contributed by atoms with van der Waals surface area (Å²) < 4.78 is 16.1. The topological polar surface area (TPSA) is 170 Å². The molecule has 1 unspecified atom stereocenters. The first-order chi connectivity index (χ1) is 19.7. The summed E-state index contributed by atoms with van der Waals surface area (Å²) >= 11 is 0. The van der Waals surface area contributed by atoms with Gasteiger partial charge in [0.25, 0.3) is 0 Å². The number of benzene rings is 3. The average molecular weight is 564 g/mol. The fraction of sp³-hybridized carbons (Fsp3) is 0.276. The minimum absolute atomic E-state index is 0.0514. The zero-order chi connectivity index (χ0) is 29.5. The lowest BCUT2D eigenvalue weighted by Gasteiger charge is -2.26. The molecule has 3 amide bonds. The predicted molar refractivity (Wildman–Crippen MR) is 152 cm³/mol. The monoisotopic (exact) mass is 563 g/mol. The predicted octanol–water partition coefficient (Wildman–Crippen LogP) is 3.10. The number of aromatic hydroxyl groups is 1. The van der Waals surface area contributed by atoms with E-state index in [9.17, 15) is 19.5 Å². The van der Waals surface area contributed by atoms with Crippen LogP contribution < -0.4 is 31.3 Å². The Kier molecular flexibility index (Phi) is 9.15. The quantitative estimate of drug-likeness (QED) is 0.214. The molecule has 0 aliphatic carbocycles. The first kappa shape index (κ1) is 29.0. The van der Waals surface area contributed by atoms with Crippen LogP contribution in [0.4, 0.5) is 21.9 Å². The lowest BCUT2D eigenvalue weighted by Crippen LogP contribution is -2.47. The number of nitrogen functional groups attached to an aromatic ring is 1. The largest absolute Gasteiger partial charge is 0.506 e. The summed E-state index contributed by atoms with van der Waals surface area (Å²) in [7, 11) is 2.74. The van der Waals surface area contributed by atoms with Crippen molar-refractivity contribution in [3.05, 3.63) is 71.8 Å². The average Bonchev–Trinajstić information content (AvgIpc) is 3.39. The van der Waals surface area contributed by atoms with Crippen molar-refractivity contribution in [1.29, 1.82) is 0 Å². The van der Waals surface area contributed by atoms with E-state index in [1.165, 1.54) is 26.4 Å². The molecule has 1 fully saturated rings. The van der Waals surface area contributed by atoms with E-state index in [4.69, 9.17) is 25.7 Å². The number of para-hydroxylation sites is 2. The van der Waals surface area contributed by atoms with Gasteiger partial charge >= 0.3 is 12.0 Å². The summed E-state index contributed by atoms with van der Waals surface area (Å²) in [6.45, 7) is 0.951. The molecular weight excluding hydrogens is 530 g/mol. The van der Waals surface area contributed by atoms with Crippen molar-refractivity contribution in [1.82, 2.24) is 10.4 Å². The Hall–Kier alpha value is -4.97. The van der Waals surface area contributed by atoms with Crippen LogP contribution in [0.1, 0.15) is 28.8 Å². The number of urea groups is 1. The van der Waals surface area contributed by atoms with Gasteiger partial charge in [0.2, 0.25) is 5.91 Å². The van der Waals surface area contributed by atoms with Crippen LogP contribution in [0.2, 0.25) is 0 Å². The fourth-order valence-corrected chi connectivity index (χ4v) is 4.69. The van der Waals surface area contributed by atoms with Crippen LogP contribution in [0.3, 0.4) is 0 Å². The Morgan fingerprint density at radius 1 is 1.05 bits per heavy atom. The molecule has 1 heterocycles. The first-order valence-corrected chi connectivity index (χ1v) is 12.9. The highest BCUT2D eigenvalue weighted by Crippen LogP contribution is 2.38. The number of phenols is 1. The molecule has 4 rings (SSSR count). The third-order valence-electron chi connectivity index (χ3n) is 6.70. The van der Waals surface area contributed by atoms with Crippen LogP contribution in [0, 0.1) is 0 Å². The van der Waals surface area contributed by atoms with Crippen LogP contribution >= 0.6 is 0 Å². The molecule has 0 radical (unpaired) electrons. The van der Waals surface area contributed by atoms with Crippen molar-refractivity contribution >= 4 is 35.0 Å². The van der Waals surface area contributed by atoms with Gasteiger partial charge in [0.1, 0.15) is 23.9 Å². The standard InChI is InChI=1S/C29H33N5O7/c1-39-26-14-18(9-11-23(26)34(29(31)38)22-7-3-4-8-24(22)35)15-27(36)32-33-13-5-6-20(33)17-41-25-12-10-19(16-21(25)30)28(37)40-2/h3-4,7-12,14,16,20,35H,5-6,13,15,17,30H2,1-2H3,(H2,31,38)(H,32,36). The number of esters is 1. The molecule has 3 aromatic rings. The number of nitrogens with one attached hydrogen (secondary N) is 1. The number of phenolic OH excluding ortho intramolecular Hbond substituents is 1. The van der Waals surface area contributed by atoms with Gasteiger partial charge in [-0.25, -0.2) is 14.6 Å². The van der Waals surface area contributed by atoms with Gasteiger partial charge in [-0.15, -0.1) is 0 Å². The third kappa shape index (κ3) is 6.79. The number of rotatable bonds is 10. The van der Waals surface area contributed by atoms with Crippen molar-refractivity contribution in [3.8, 4) is 17.2 Å². The third-order valence-corrected chi connectivity index (χ3v) is 6.70. The Balaban J connectivity index is 1.40. The molecule has 41 heavy (non-hydrogen) atoms. The van der Waals surface area contributed by atoms with Gasteiger partial charge in [-0.1, -0.05) is 18.2 Å². The second-order valence-electron chi connectivity index (χ2n) is 9.42. The number of methoxy groups -OCH3 is 2. The number of hydrazine groups is 1. The number of primary amides is 1. The Labute approximate surface area is 237 Å². The highest BCUT2D eigenvalue weighted by Gasteiger charge is 2.27. The first-order valence-electron chi connectivity index (χ1n) is 12.9. The molecule has 0 saturated carbocycles. The van der Waals surface area contributed by atoms with Crippen LogP contribution in [0.15, 0.2) is 60.7 Å². The van der Waals surface area contributed by atoms with Gasteiger partial charge in [0, 0.05) is 6.54 Å². The fourth-order valence-electron chi connectivity index (χ4n) is 4.69. The molecule has 3 aromatic carbocycles. The van der Waals surface area contributed by atoms with Crippen molar-refractivity contribution in [2.45, 2.75) is 25.3 Å². The number of hydrogen-bond acceptors (Lipinski definition) is 9. The van der Waals surface area contributed by atoms with Crippen LogP contribution in [0.5, 0.6) is 17.2 Å². The van der Waals surface area contributed by atoms with Gasteiger partial charge in [0.05, 0.1) is 49.3 Å². The number of amides is 3. The van der Waals surface area contributed by atoms with Gasteiger partial charge in [-0.05, 0) is 60.9 Å². The second kappa shape index (κ2) is 12.9. The summed E-state index contributed by atoms with van der Waals surface area (Å²) in [5.74, 6) is -0.0960. The van der Waals surface area contributed by atoms with Crippen molar-refractivity contribution < 1.29 is 33.7 Å². The summed E-state index contributed by atoms with van der Waals surface area (Å²) in [5, 5.41) is 12.1. The zero-order valence-electron chi connectivity index (χ0n) is 22.8. The number of carbonyl (C=O) groups is 3. The van der Waals surface area contributed by atoms with E-state index >= 15 is 0 Å². The molecule has 216 valence electrons. The van der Waals surface area contributed by atoms with Crippen molar-refractivity contribution in [2.75, 3.05) is 38.0 Å². The molecule has 12 nitrogen and oxygen atoms in total. The van der Waals surface area contributed by atoms with Crippen LogP contribution in [0.25, 0.3) is 0 Å². The molecule has 12 heteroatoms. The second-order valence-corrected chi connectivity index (χ2v) is 9.42. The van der Waals surface area contributed by atoms with Gasteiger partial charge in [-0.2, -0.15) is 0 Å². The van der Waals surface area contributed by atoms with E-state index in [1.807, 2.05) is 5.01 Å². The van der Waals surface area contributed by atoms with E-state index in [-0.39, 0.29) is 29.8 Å². The van der Waals surface area contributed by atoms with Crippen LogP contribution in [-0.2, 0) is 16.0 Å². The lowest BCUT2D eigenvalue weighted by atomic mass is 10.1. The normalized spacial score (nSPS) is 14.7. The molecule has 1 aliphatic heterocycles. The zero-order valence-corrected chi connectivity index (χ0v) is 22.8. The van der Waals surface area contributed by atoms with Crippen LogP contribution in [-0.4, -0.2) is 61.4 Å². The molecular formula is C29H33N5O7. The summed E-state index contributed by atoms with van der Waals surface area (Å²) in [6.07, 6.45) is 1.75. The molecule has 1 aliphatic rings. The SMILES string of the molecule is COC(=O)c1ccc(OCC2CCCN2NC(=O)Cc2ccc(N(C(N)=O)c3ccccc3O)c(OC)c2)c(N)c1. The van der Waals surface area contributed by atoms with Gasteiger partial charge < -0.3 is 30.8 Å². The van der Waals surface area contributed by atoms with E-state index in [0.29, 0.717) is 47.2 Å². The minimum Gasteiger partial charge on any atom is -0.506 e. The number of anilines is 3. The van der Waals surface area contributed by atoms with E-state index in [0.717, 1.165) is 17.7 Å². The maximum absolute atomic E-state index is 12.9. The summed E-state index contributed by atoms with van der Waals surface area (Å²) in [6, 6.07) is 15.1. The molecule has 1 saturated heterocycles. The smallest absolute Gasteiger partial charge is 0.337 e. The highest BCUT2D eigenvalue weighted by molar-refractivity contribution is 6.01. The van der Waals surface area contributed by atoms with Crippen molar-refractivity contribution in [3.63, 3.8) is 0 Å². The summed E-state index contributed by atoms with van der Waals surface area (Å²) in [4.78, 5) is 38.1. The Morgan fingerprint density at radius 3 is 2.51 bits per heavy atom.